The SMILES string of the molecule is Cc1ccc(C(=O)NC(Nc2ccc(Cl)cc2)c2cc3ccccc3o2)nc1. The van der Waals surface area contributed by atoms with E-state index in [1.165, 1.54) is 0 Å². The van der Waals surface area contributed by atoms with Crippen molar-refractivity contribution in [3.05, 3.63) is 95.0 Å². The van der Waals surface area contributed by atoms with Crippen LogP contribution >= 0.6 is 11.6 Å². The van der Waals surface area contributed by atoms with E-state index in [0.29, 0.717) is 16.5 Å². The Hall–Kier alpha value is -3.31. The fraction of sp³-hybridized carbons (Fsp3) is 0.0909. The summed E-state index contributed by atoms with van der Waals surface area (Å²) >= 11 is 5.97. The molecule has 1 atom stereocenters. The lowest BCUT2D eigenvalue weighted by atomic mass is 10.2. The Bertz CT molecular complexity index is 1070. The van der Waals surface area contributed by atoms with Gasteiger partial charge in [-0.15, -0.1) is 0 Å². The fourth-order valence-corrected chi connectivity index (χ4v) is 2.97. The van der Waals surface area contributed by atoms with Gasteiger partial charge in [0.25, 0.3) is 5.91 Å². The van der Waals surface area contributed by atoms with E-state index in [1.807, 2.05) is 55.5 Å². The van der Waals surface area contributed by atoms with Crippen molar-refractivity contribution >= 4 is 34.2 Å². The Balaban J connectivity index is 1.64. The van der Waals surface area contributed by atoms with Crippen molar-refractivity contribution in [3.8, 4) is 0 Å². The lowest BCUT2D eigenvalue weighted by Crippen LogP contribution is -2.33. The number of nitrogens with zero attached hydrogens (tertiary/aromatic N) is 1. The number of hydrogen-bond donors (Lipinski definition) is 2. The Kier molecular flexibility index (Phi) is 5.00. The molecule has 0 aliphatic carbocycles. The quantitative estimate of drug-likeness (QED) is 0.451. The molecule has 4 aromatic rings. The van der Waals surface area contributed by atoms with Crippen LogP contribution < -0.4 is 10.6 Å². The van der Waals surface area contributed by atoms with Crippen LogP contribution in [-0.4, -0.2) is 10.9 Å². The first kappa shape index (κ1) is 18.1. The van der Waals surface area contributed by atoms with Crippen LogP contribution in [0.3, 0.4) is 0 Å². The van der Waals surface area contributed by atoms with Crippen LogP contribution in [-0.2, 0) is 0 Å². The van der Waals surface area contributed by atoms with E-state index in [1.54, 1.807) is 24.4 Å². The lowest BCUT2D eigenvalue weighted by molar-refractivity contribution is 0.0932. The molecule has 1 unspecified atom stereocenters. The molecule has 0 radical (unpaired) electrons. The molecule has 6 heteroatoms. The molecule has 0 bridgehead atoms. The summed E-state index contributed by atoms with van der Waals surface area (Å²) in [5, 5.41) is 7.84. The Morgan fingerprint density at radius 2 is 1.86 bits per heavy atom. The summed E-state index contributed by atoms with van der Waals surface area (Å²) < 4.78 is 5.96. The molecule has 0 fully saturated rings. The maximum atomic E-state index is 12.7. The molecule has 0 aliphatic heterocycles. The summed E-state index contributed by atoms with van der Waals surface area (Å²) in [7, 11) is 0. The molecule has 0 spiro atoms. The van der Waals surface area contributed by atoms with Crippen molar-refractivity contribution in [2.45, 2.75) is 13.1 Å². The summed E-state index contributed by atoms with van der Waals surface area (Å²) in [6, 6.07) is 20.4. The Morgan fingerprint density at radius 1 is 1.07 bits per heavy atom. The highest BCUT2D eigenvalue weighted by Gasteiger charge is 2.20. The minimum absolute atomic E-state index is 0.299. The van der Waals surface area contributed by atoms with Crippen LogP contribution in [0.5, 0.6) is 0 Å². The van der Waals surface area contributed by atoms with Crippen LogP contribution in [0.1, 0.15) is 28.0 Å². The number of nitrogens with one attached hydrogen (secondary N) is 2. The van der Waals surface area contributed by atoms with E-state index >= 15 is 0 Å². The second-order valence-electron chi connectivity index (χ2n) is 6.47. The topological polar surface area (TPSA) is 67.2 Å². The summed E-state index contributed by atoms with van der Waals surface area (Å²) in [6.45, 7) is 1.92. The zero-order valence-corrected chi connectivity index (χ0v) is 15.9. The van der Waals surface area contributed by atoms with Crippen LogP contribution in [0.4, 0.5) is 5.69 Å². The molecule has 2 aromatic heterocycles. The van der Waals surface area contributed by atoms with Gasteiger partial charge in [0, 0.05) is 22.3 Å². The van der Waals surface area contributed by atoms with Gasteiger partial charge < -0.3 is 15.1 Å². The molecule has 4 rings (SSSR count). The second kappa shape index (κ2) is 7.74. The average Bonchev–Trinajstić information content (AvgIpc) is 3.14. The van der Waals surface area contributed by atoms with Gasteiger partial charge in [0.2, 0.25) is 0 Å². The minimum Gasteiger partial charge on any atom is -0.457 e. The number of halogens is 1. The van der Waals surface area contributed by atoms with Crippen molar-refractivity contribution in [2.75, 3.05) is 5.32 Å². The number of hydrogen-bond acceptors (Lipinski definition) is 4. The number of carbonyl (C=O) groups is 1. The normalized spacial score (nSPS) is 11.9. The van der Waals surface area contributed by atoms with Gasteiger partial charge in [0.15, 0.2) is 6.17 Å². The van der Waals surface area contributed by atoms with Gasteiger partial charge >= 0.3 is 0 Å². The van der Waals surface area contributed by atoms with E-state index in [4.69, 9.17) is 16.0 Å². The average molecular weight is 392 g/mol. The van der Waals surface area contributed by atoms with Crippen LogP contribution in [0.2, 0.25) is 5.02 Å². The summed E-state index contributed by atoms with van der Waals surface area (Å²) in [4.78, 5) is 16.9. The highest BCUT2D eigenvalue weighted by Crippen LogP contribution is 2.26. The van der Waals surface area contributed by atoms with Gasteiger partial charge in [-0.2, -0.15) is 0 Å². The maximum Gasteiger partial charge on any atom is 0.271 e. The van der Waals surface area contributed by atoms with Gasteiger partial charge in [-0.1, -0.05) is 35.9 Å². The first-order valence-corrected chi connectivity index (χ1v) is 9.20. The highest BCUT2D eigenvalue weighted by atomic mass is 35.5. The molecule has 2 N–H and O–H groups in total. The molecule has 0 saturated carbocycles. The molecule has 2 heterocycles. The van der Waals surface area contributed by atoms with Crippen molar-refractivity contribution in [3.63, 3.8) is 0 Å². The smallest absolute Gasteiger partial charge is 0.271 e. The summed E-state index contributed by atoms with van der Waals surface area (Å²) in [6.07, 6.45) is 1.08. The number of carbonyl (C=O) groups excluding carboxylic acids is 1. The third kappa shape index (κ3) is 4.00. The third-order valence-corrected chi connectivity index (χ3v) is 4.56. The standard InChI is InChI=1S/C22H18ClN3O2/c1-14-6-11-18(24-13-14)22(27)26-21(25-17-9-7-16(23)8-10-17)20-12-15-4-2-3-5-19(15)28-20/h2-13,21,25H,1H3,(H,26,27). The van der Waals surface area contributed by atoms with Crippen molar-refractivity contribution in [2.24, 2.45) is 0 Å². The van der Waals surface area contributed by atoms with Crippen molar-refractivity contribution in [1.29, 1.82) is 0 Å². The van der Waals surface area contributed by atoms with Crippen molar-refractivity contribution in [1.82, 2.24) is 10.3 Å². The second-order valence-corrected chi connectivity index (χ2v) is 6.90. The Labute approximate surface area is 167 Å². The largest absolute Gasteiger partial charge is 0.457 e. The molecular weight excluding hydrogens is 374 g/mol. The highest BCUT2D eigenvalue weighted by molar-refractivity contribution is 6.30. The number of furan rings is 1. The zero-order valence-electron chi connectivity index (χ0n) is 15.1. The summed E-state index contributed by atoms with van der Waals surface area (Å²) in [5.41, 5.74) is 2.88. The number of anilines is 1. The molecule has 140 valence electrons. The summed E-state index contributed by atoms with van der Waals surface area (Å²) in [5.74, 6) is 0.295. The number of amides is 1. The maximum absolute atomic E-state index is 12.7. The Morgan fingerprint density at radius 3 is 2.57 bits per heavy atom. The molecule has 2 aromatic carbocycles. The van der Waals surface area contributed by atoms with Gasteiger partial charge in [0.05, 0.1) is 0 Å². The van der Waals surface area contributed by atoms with Gasteiger partial charge in [-0.25, -0.2) is 0 Å². The van der Waals surface area contributed by atoms with Crippen LogP contribution in [0, 0.1) is 6.92 Å². The predicted molar refractivity (Wildman–Crippen MR) is 110 cm³/mol. The fourth-order valence-electron chi connectivity index (χ4n) is 2.84. The van der Waals surface area contributed by atoms with E-state index in [0.717, 1.165) is 22.2 Å². The molecule has 0 saturated heterocycles. The molecule has 1 amide bonds. The number of fused-ring (bicyclic) bond motifs is 1. The number of aromatic nitrogens is 1. The van der Waals surface area contributed by atoms with Gasteiger partial charge in [-0.05, 0) is 55.0 Å². The molecule has 5 nitrogen and oxygen atoms in total. The van der Waals surface area contributed by atoms with Crippen molar-refractivity contribution < 1.29 is 9.21 Å². The molecule has 0 aliphatic rings. The monoisotopic (exact) mass is 391 g/mol. The van der Waals surface area contributed by atoms with Gasteiger partial charge in [0.1, 0.15) is 17.0 Å². The van der Waals surface area contributed by atoms with E-state index < -0.39 is 6.17 Å². The van der Waals surface area contributed by atoms with E-state index in [2.05, 4.69) is 15.6 Å². The van der Waals surface area contributed by atoms with E-state index in [-0.39, 0.29) is 5.91 Å². The van der Waals surface area contributed by atoms with Crippen LogP contribution in [0.15, 0.2) is 77.3 Å². The number of para-hydroxylation sites is 1. The molecular formula is C22H18ClN3O2. The minimum atomic E-state index is -0.579. The predicted octanol–water partition coefficient (Wildman–Crippen LogP) is 5.33. The lowest BCUT2D eigenvalue weighted by Gasteiger charge is -2.19. The molecule has 28 heavy (non-hydrogen) atoms. The van der Waals surface area contributed by atoms with Crippen LogP contribution in [0.25, 0.3) is 11.0 Å². The number of benzene rings is 2. The zero-order chi connectivity index (χ0) is 19.5. The number of pyridine rings is 1. The first-order chi connectivity index (χ1) is 13.6. The first-order valence-electron chi connectivity index (χ1n) is 8.82. The number of rotatable bonds is 5. The van der Waals surface area contributed by atoms with Gasteiger partial charge in [-0.3, -0.25) is 9.78 Å². The third-order valence-electron chi connectivity index (χ3n) is 4.30. The number of aryl methyl sites for hydroxylation is 1. The van der Waals surface area contributed by atoms with E-state index in [9.17, 15) is 4.79 Å².